The summed E-state index contributed by atoms with van der Waals surface area (Å²) in [5.41, 5.74) is 0. The van der Waals surface area contributed by atoms with E-state index in [1.165, 1.54) is 7.11 Å². The molecule has 0 atom stereocenters. The molecule has 1 saturated heterocycles. The van der Waals surface area contributed by atoms with E-state index in [0.717, 1.165) is 0 Å². The highest BCUT2D eigenvalue weighted by Crippen LogP contribution is 2.19. The third-order valence-corrected chi connectivity index (χ3v) is 6.29. The number of hydrogen-bond donors (Lipinski definition) is 0. The highest BCUT2D eigenvalue weighted by atomic mass is 32.2. The lowest BCUT2D eigenvalue weighted by Gasteiger charge is -2.32. The van der Waals surface area contributed by atoms with E-state index < -0.39 is 9.84 Å². The number of sulfone groups is 1. The van der Waals surface area contributed by atoms with Crippen molar-refractivity contribution in [2.24, 2.45) is 0 Å². The maximum absolute atomic E-state index is 12.4. The SMILES string of the molecule is COc1nccc(OC2CCN(C(=O)CCS(=O)(=O)c3ccccc3)CC2)n1. The normalized spacial score (nSPS) is 15.2. The first-order valence-electron chi connectivity index (χ1n) is 9.07. The fourth-order valence-corrected chi connectivity index (χ4v) is 4.26. The van der Waals surface area contributed by atoms with Gasteiger partial charge in [-0.1, -0.05) is 18.2 Å². The number of methoxy groups -OCH3 is 1. The van der Waals surface area contributed by atoms with E-state index in [9.17, 15) is 13.2 Å². The van der Waals surface area contributed by atoms with Crippen LogP contribution in [0.3, 0.4) is 0 Å². The lowest BCUT2D eigenvalue weighted by atomic mass is 10.1. The average Bonchev–Trinajstić information content (AvgIpc) is 2.73. The van der Waals surface area contributed by atoms with Gasteiger partial charge < -0.3 is 14.4 Å². The minimum atomic E-state index is -3.45. The van der Waals surface area contributed by atoms with Gasteiger partial charge in [0.05, 0.1) is 17.8 Å². The molecule has 2 aromatic rings. The Hall–Kier alpha value is -2.68. The Morgan fingerprint density at radius 2 is 1.89 bits per heavy atom. The molecular formula is C19H23N3O5S. The summed E-state index contributed by atoms with van der Waals surface area (Å²) in [6.07, 6.45) is 2.79. The Labute approximate surface area is 164 Å². The van der Waals surface area contributed by atoms with E-state index in [1.54, 1.807) is 47.5 Å². The highest BCUT2D eigenvalue weighted by molar-refractivity contribution is 7.91. The molecule has 1 fully saturated rings. The first kappa shape index (κ1) is 20.1. The van der Waals surface area contributed by atoms with Crippen LogP contribution in [0.25, 0.3) is 0 Å². The van der Waals surface area contributed by atoms with Crippen molar-refractivity contribution in [3.05, 3.63) is 42.6 Å². The number of carbonyl (C=O) groups is 1. The van der Waals surface area contributed by atoms with Gasteiger partial charge in [0.1, 0.15) is 6.10 Å². The van der Waals surface area contributed by atoms with Crippen LogP contribution in [-0.2, 0) is 14.6 Å². The van der Waals surface area contributed by atoms with Gasteiger partial charge in [-0.3, -0.25) is 4.79 Å². The van der Waals surface area contributed by atoms with Gasteiger partial charge in [-0.15, -0.1) is 0 Å². The topological polar surface area (TPSA) is 98.7 Å². The highest BCUT2D eigenvalue weighted by Gasteiger charge is 2.25. The molecule has 9 heteroatoms. The van der Waals surface area contributed by atoms with Crippen LogP contribution < -0.4 is 9.47 Å². The molecule has 0 aliphatic carbocycles. The molecule has 1 amide bonds. The number of likely N-dealkylation sites (tertiary alicyclic amines) is 1. The van der Waals surface area contributed by atoms with Crippen molar-refractivity contribution in [3.63, 3.8) is 0 Å². The standard InChI is InChI=1S/C19H23N3O5S/c1-26-19-20-11-7-17(21-19)27-15-8-12-22(13-9-15)18(23)10-14-28(24,25)16-5-3-2-4-6-16/h2-7,11,15H,8-10,12-14H2,1H3. The van der Waals surface area contributed by atoms with E-state index in [-0.39, 0.29) is 35.1 Å². The number of ether oxygens (including phenoxy) is 2. The first-order valence-corrected chi connectivity index (χ1v) is 10.7. The van der Waals surface area contributed by atoms with Crippen LogP contribution in [0.2, 0.25) is 0 Å². The number of amides is 1. The molecule has 1 aliphatic heterocycles. The Bertz CT molecular complexity index is 897. The van der Waals surface area contributed by atoms with E-state index in [0.29, 0.717) is 31.8 Å². The molecule has 8 nitrogen and oxygen atoms in total. The third-order valence-electron chi connectivity index (χ3n) is 4.56. The summed E-state index contributed by atoms with van der Waals surface area (Å²) in [5, 5.41) is 0. The molecule has 0 spiro atoms. The second-order valence-electron chi connectivity index (χ2n) is 6.46. The number of benzene rings is 1. The van der Waals surface area contributed by atoms with Gasteiger partial charge in [-0.05, 0) is 12.1 Å². The number of carbonyl (C=O) groups excluding carboxylic acids is 1. The average molecular weight is 405 g/mol. The van der Waals surface area contributed by atoms with Crippen molar-refractivity contribution < 1.29 is 22.7 Å². The van der Waals surface area contributed by atoms with Crippen LogP contribution in [-0.4, -0.2) is 61.2 Å². The van der Waals surface area contributed by atoms with Crippen molar-refractivity contribution in [2.75, 3.05) is 26.0 Å². The van der Waals surface area contributed by atoms with Gasteiger partial charge in [0.15, 0.2) is 9.84 Å². The zero-order valence-electron chi connectivity index (χ0n) is 15.7. The summed E-state index contributed by atoms with van der Waals surface area (Å²) < 4.78 is 35.4. The Morgan fingerprint density at radius 1 is 1.18 bits per heavy atom. The van der Waals surface area contributed by atoms with Gasteiger partial charge in [0.25, 0.3) is 0 Å². The molecular weight excluding hydrogens is 382 g/mol. The molecule has 0 unspecified atom stereocenters. The molecule has 28 heavy (non-hydrogen) atoms. The summed E-state index contributed by atoms with van der Waals surface area (Å²) >= 11 is 0. The lowest BCUT2D eigenvalue weighted by molar-refractivity contribution is -0.132. The van der Waals surface area contributed by atoms with Crippen molar-refractivity contribution in [1.29, 1.82) is 0 Å². The third kappa shape index (κ3) is 5.19. The van der Waals surface area contributed by atoms with Crippen LogP contribution in [0, 0.1) is 0 Å². The largest absolute Gasteiger partial charge is 0.474 e. The van der Waals surface area contributed by atoms with E-state index in [4.69, 9.17) is 9.47 Å². The van der Waals surface area contributed by atoms with Gasteiger partial charge in [-0.2, -0.15) is 4.98 Å². The summed E-state index contributed by atoms with van der Waals surface area (Å²) in [7, 11) is -1.96. The van der Waals surface area contributed by atoms with E-state index in [1.807, 2.05) is 0 Å². The van der Waals surface area contributed by atoms with Crippen molar-refractivity contribution in [1.82, 2.24) is 14.9 Å². The Kier molecular flexibility index (Phi) is 6.45. The maximum atomic E-state index is 12.4. The minimum absolute atomic E-state index is 0.0220. The van der Waals surface area contributed by atoms with Crippen LogP contribution in [0.15, 0.2) is 47.5 Å². The summed E-state index contributed by atoms with van der Waals surface area (Å²) in [4.78, 5) is 22.4. The van der Waals surface area contributed by atoms with Crippen LogP contribution in [0.4, 0.5) is 0 Å². The number of hydrogen-bond acceptors (Lipinski definition) is 7. The quantitative estimate of drug-likeness (QED) is 0.692. The van der Waals surface area contributed by atoms with Crippen LogP contribution in [0.5, 0.6) is 11.9 Å². The second kappa shape index (κ2) is 9.01. The van der Waals surface area contributed by atoms with Gasteiger partial charge in [0, 0.05) is 44.6 Å². The first-order chi connectivity index (χ1) is 13.5. The van der Waals surface area contributed by atoms with Crippen molar-refractivity contribution >= 4 is 15.7 Å². The molecule has 2 heterocycles. The monoisotopic (exact) mass is 405 g/mol. The second-order valence-corrected chi connectivity index (χ2v) is 8.57. The predicted octanol–water partition coefficient (Wildman–Crippen LogP) is 1.72. The van der Waals surface area contributed by atoms with Gasteiger partial charge in [0.2, 0.25) is 11.8 Å². The Balaban J connectivity index is 1.47. The molecule has 0 radical (unpaired) electrons. The minimum Gasteiger partial charge on any atom is -0.474 e. The molecule has 0 bridgehead atoms. The summed E-state index contributed by atoms with van der Waals surface area (Å²) in [5.74, 6) is 0.0970. The zero-order valence-corrected chi connectivity index (χ0v) is 16.5. The molecule has 0 N–H and O–H groups in total. The molecule has 150 valence electrons. The number of aromatic nitrogens is 2. The van der Waals surface area contributed by atoms with Gasteiger partial charge in [-0.25, -0.2) is 13.4 Å². The molecule has 1 aliphatic rings. The number of rotatable bonds is 7. The van der Waals surface area contributed by atoms with Crippen LogP contribution >= 0.6 is 0 Å². The molecule has 1 aromatic carbocycles. The number of piperidine rings is 1. The van der Waals surface area contributed by atoms with Crippen molar-refractivity contribution in [3.8, 4) is 11.9 Å². The lowest BCUT2D eigenvalue weighted by Crippen LogP contribution is -2.42. The summed E-state index contributed by atoms with van der Waals surface area (Å²) in [6, 6.07) is 10.1. The zero-order chi connectivity index (χ0) is 20.0. The number of nitrogens with zero attached hydrogens (tertiary/aromatic N) is 3. The predicted molar refractivity (Wildman–Crippen MR) is 102 cm³/mol. The van der Waals surface area contributed by atoms with Gasteiger partial charge >= 0.3 is 6.01 Å². The molecule has 3 rings (SSSR count). The van der Waals surface area contributed by atoms with E-state index in [2.05, 4.69) is 9.97 Å². The molecule has 1 aromatic heterocycles. The van der Waals surface area contributed by atoms with Crippen molar-refractivity contribution in [2.45, 2.75) is 30.3 Å². The van der Waals surface area contributed by atoms with Crippen LogP contribution in [0.1, 0.15) is 19.3 Å². The maximum Gasteiger partial charge on any atom is 0.319 e. The van der Waals surface area contributed by atoms with E-state index >= 15 is 0 Å². The fraction of sp³-hybridized carbons (Fsp3) is 0.421. The Morgan fingerprint density at radius 3 is 2.57 bits per heavy atom. The smallest absolute Gasteiger partial charge is 0.319 e. The molecule has 0 saturated carbocycles. The summed E-state index contributed by atoms with van der Waals surface area (Å²) in [6.45, 7) is 1.05. The fourth-order valence-electron chi connectivity index (χ4n) is 3.01.